The summed E-state index contributed by atoms with van der Waals surface area (Å²) in [5, 5.41) is 10.3. The Kier molecular flexibility index (Phi) is 8.51. The number of aryl methyl sites for hydroxylation is 1. The highest BCUT2D eigenvalue weighted by Gasteiger charge is 2.12. The molecule has 1 aromatic rings. The van der Waals surface area contributed by atoms with Gasteiger partial charge in [-0.05, 0) is 31.0 Å². The maximum absolute atomic E-state index is 10.3. The number of hydrogen-bond donors (Lipinski definition) is 1. The summed E-state index contributed by atoms with van der Waals surface area (Å²) in [7, 11) is 0. The second-order valence-electron chi connectivity index (χ2n) is 5.10. The molecule has 0 aromatic heterocycles. The standard InChI is InChI=1S/C17H29NO2/c1-4-7-15-8-10-16(11-9-15)17(19)14-18(5-2)12-13-20-6-3/h8-11,17,19H,4-7,12-14H2,1-3H3. The van der Waals surface area contributed by atoms with Crippen molar-refractivity contribution in [3.63, 3.8) is 0 Å². The lowest BCUT2D eigenvalue weighted by atomic mass is 10.0. The van der Waals surface area contributed by atoms with E-state index in [-0.39, 0.29) is 0 Å². The average molecular weight is 279 g/mol. The zero-order chi connectivity index (χ0) is 14.8. The van der Waals surface area contributed by atoms with Crippen LogP contribution >= 0.6 is 0 Å². The van der Waals surface area contributed by atoms with Crippen molar-refractivity contribution in [3.05, 3.63) is 35.4 Å². The summed E-state index contributed by atoms with van der Waals surface area (Å²) in [6, 6.07) is 8.34. The van der Waals surface area contributed by atoms with Gasteiger partial charge in [0.2, 0.25) is 0 Å². The fourth-order valence-electron chi connectivity index (χ4n) is 2.26. The van der Waals surface area contributed by atoms with Crippen molar-refractivity contribution in [2.75, 3.05) is 32.8 Å². The Bertz CT molecular complexity index is 351. The molecule has 0 aliphatic rings. The number of likely N-dealkylation sites (N-methyl/N-ethyl adjacent to an activating group) is 1. The lowest BCUT2D eigenvalue weighted by molar-refractivity contribution is 0.0792. The zero-order valence-corrected chi connectivity index (χ0v) is 13.1. The molecule has 1 rings (SSSR count). The molecule has 3 nitrogen and oxygen atoms in total. The molecule has 0 aliphatic carbocycles. The lowest BCUT2D eigenvalue weighted by Crippen LogP contribution is -2.31. The van der Waals surface area contributed by atoms with Crippen molar-refractivity contribution < 1.29 is 9.84 Å². The van der Waals surface area contributed by atoms with Crippen molar-refractivity contribution in [2.45, 2.75) is 39.7 Å². The Hall–Kier alpha value is -0.900. The van der Waals surface area contributed by atoms with Crippen LogP contribution in [0, 0.1) is 0 Å². The van der Waals surface area contributed by atoms with Crippen molar-refractivity contribution in [2.24, 2.45) is 0 Å². The fraction of sp³-hybridized carbons (Fsp3) is 0.647. The van der Waals surface area contributed by atoms with Gasteiger partial charge in [0, 0.05) is 19.7 Å². The Morgan fingerprint density at radius 3 is 2.40 bits per heavy atom. The Morgan fingerprint density at radius 2 is 1.85 bits per heavy atom. The second kappa shape index (κ2) is 9.92. The van der Waals surface area contributed by atoms with Crippen LogP contribution in [0.4, 0.5) is 0 Å². The molecule has 0 fully saturated rings. The molecule has 3 heteroatoms. The van der Waals surface area contributed by atoms with E-state index in [0.717, 1.165) is 44.7 Å². The second-order valence-corrected chi connectivity index (χ2v) is 5.10. The third kappa shape index (κ3) is 6.04. The van der Waals surface area contributed by atoms with Gasteiger partial charge in [0.25, 0.3) is 0 Å². The van der Waals surface area contributed by atoms with Gasteiger partial charge in [-0.15, -0.1) is 0 Å². The molecule has 0 heterocycles. The number of rotatable bonds is 10. The molecule has 0 amide bonds. The number of benzene rings is 1. The van der Waals surface area contributed by atoms with E-state index in [1.165, 1.54) is 5.56 Å². The molecule has 1 atom stereocenters. The molecule has 114 valence electrons. The minimum Gasteiger partial charge on any atom is -0.387 e. The van der Waals surface area contributed by atoms with Crippen LogP contribution in [0.3, 0.4) is 0 Å². The number of aliphatic hydroxyl groups is 1. The van der Waals surface area contributed by atoms with Gasteiger partial charge in [-0.3, -0.25) is 4.90 Å². The lowest BCUT2D eigenvalue weighted by Gasteiger charge is -2.23. The highest BCUT2D eigenvalue weighted by Crippen LogP contribution is 2.16. The Balaban J connectivity index is 2.48. The summed E-state index contributed by atoms with van der Waals surface area (Å²) in [6.07, 6.45) is 1.83. The maximum atomic E-state index is 10.3. The highest BCUT2D eigenvalue weighted by atomic mass is 16.5. The van der Waals surface area contributed by atoms with Crippen LogP contribution in [0.5, 0.6) is 0 Å². The summed E-state index contributed by atoms with van der Waals surface area (Å²) in [5.74, 6) is 0. The molecule has 0 saturated heterocycles. The average Bonchev–Trinajstić information content (AvgIpc) is 2.47. The van der Waals surface area contributed by atoms with Gasteiger partial charge in [0.05, 0.1) is 12.7 Å². The predicted octanol–water partition coefficient (Wildman–Crippen LogP) is 3.03. The summed E-state index contributed by atoms with van der Waals surface area (Å²) in [6.45, 7) is 10.2. The Morgan fingerprint density at radius 1 is 1.15 bits per heavy atom. The van der Waals surface area contributed by atoms with E-state index in [0.29, 0.717) is 6.54 Å². The van der Waals surface area contributed by atoms with E-state index in [1.807, 2.05) is 19.1 Å². The third-order valence-electron chi connectivity index (χ3n) is 3.54. The number of hydrogen-bond acceptors (Lipinski definition) is 3. The molecule has 1 unspecified atom stereocenters. The molecular weight excluding hydrogens is 250 g/mol. The summed E-state index contributed by atoms with van der Waals surface area (Å²) in [4.78, 5) is 2.22. The van der Waals surface area contributed by atoms with Crippen LogP contribution in [0.2, 0.25) is 0 Å². The molecule has 0 radical (unpaired) electrons. The Labute approximate surface area is 123 Å². The fourth-order valence-corrected chi connectivity index (χ4v) is 2.26. The van der Waals surface area contributed by atoms with Gasteiger partial charge in [-0.1, -0.05) is 44.5 Å². The summed E-state index contributed by atoms with van der Waals surface area (Å²) >= 11 is 0. The first kappa shape index (κ1) is 17.2. The summed E-state index contributed by atoms with van der Waals surface area (Å²) in [5.41, 5.74) is 2.34. The first-order chi connectivity index (χ1) is 9.71. The van der Waals surface area contributed by atoms with Gasteiger partial charge in [0.15, 0.2) is 0 Å². The van der Waals surface area contributed by atoms with E-state index in [1.54, 1.807) is 0 Å². The molecule has 0 aliphatic heterocycles. The summed E-state index contributed by atoms with van der Waals surface area (Å²) < 4.78 is 5.37. The monoisotopic (exact) mass is 279 g/mol. The third-order valence-corrected chi connectivity index (χ3v) is 3.54. The SMILES string of the molecule is CCCc1ccc(C(O)CN(CC)CCOCC)cc1. The molecule has 1 aromatic carbocycles. The number of ether oxygens (including phenoxy) is 1. The van der Waals surface area contributed by atoms with Crippen LogP contribution in [0.1, 0.15) is 44.4 Å². The molecule has 0 saturated carbocycles. The molecule has 1 N–H and O–H groups in total. The number of nitrogens with zero attached hydrogens (tertiary/aromatic N) is 1. The van der Waals surface area contributed by atoms with Gasteiger partial charge in [-0.25, -0.2) is 0 Å². The van der Waals surface area contributed by atoms with E-state index in [2.05, 4.69) is 30.9 Å². The minimum absolute atomic E-state index is 0.424. The maximum Gasteiger partial charge on any atom is 0.0916 e. The molecule has 20 heavy (non-hydrogen) atoms. The molecule has 0 spiro atoms. The van der Waals surface area contributed by atoms with Crippen LogP contribution in [-0.2, 0) is 11.2 Å². The van der Waals surface area contributed by atoms with E-state index in [4.69, 9.17) is 4.74 Å². The van der Waals surface area contributed by atoms with Crippen LogP contribution in [-0.4, -0.2) is 42.9 Å². The smallest absolute Gasteiger partial charge is 0.0916 e. The van der Waals surface area contributed by atoms with Crippen molar-refractivity contribution in [3.8, 4) is 0 Å². The van der Waals surface area contributed by atoms with Crippen molar-refractivity contribution >= 4 is 0 Å². The quantitative estimate of drug-likeness (QED) is 0.668. The van der Waals surface area contributed by atoms with Crippen molar-refractivity contribution in [1.29, 1.82) is 0 Å². The van der Waals surface area contributed by atoms with E-state index < -0.39 is 6.10 Å². The van der Waals surface area contributed by atoms with Crippen LogP contribution < -0.4 is 0 Å². The molecule has 0 bridgehead atoms. The van der Waals surface area contributed by atoms with Gasteiger partial charge in [-0.2, -0.15) is 0 Å². The molecular formula is C17H29NO2. The first-order valence-electron chi connectivity index (χ1n) is 7.78. The number of aliphatic hydroxyl groups excluding tert-OH is 1. The minimum atomic E-state index is -0.424. The van der Waals surface area contributed by atoms with Crippen molar-refractivity contribution in [1.82, 2.24) is 4.90 Å². The van der Waals surface area contributed by atoms with Crippen LogP contribution in [0.25, 0.3) is 0 Å². The van der Waals surface area contributed by atoms with Gasteiger partial charge >= 0.3 is 0 Å². The first-order valence-corrected chi connectivity index (χ1v) is 7.78. The largest absolute Gasteiger partial charge is 0.387 e. The van der Waals surface area contributed by atoms with Gasteiger partial charge in [0.1, 0.15) is 0 Å². The topological polar surface area (TPSA) is 32.7 Å². The normalized spacial score (nSPS) is 12.8. The van der Waals surface area contributed by atoms with E-state index in [9.17, 15) is 5.11 Å². The van der Waals surface area contributed by atoms with Crippen LogP contribution in [0.15, 0.2) is 24.3 Å². The zero-order valence-electron chi connectivity index (χ0n) is 13.1. The highest BCUT2D eigenvalue weighted by molar-refractivity contribution is 5.24. The van der Waals surface area contributed by atoms with E-state index >= 15 is 0 Å². The van der Waals surface area contributed by atoms with Gasteiger partial charge < -0.3 is 9.84 Å². The predicted molar refractivity (Wildman–Crippen MR) is 84.0 cm³/mol.